The van der Waals surface area contributed by atoms with E-state index in [-0.39, 0.29) is 11.8 Å². The van der Waals surface area contributed by atoms with Gasteiger partial charge in [0.1, 0.15) is 11.4 Å². The van der Waals surface area contributed by atoms with Gasteiger partial charge in [-0.15, -0.1) is 0 Å². The van der Waals surface area contributed by atoms with Crippen LogP contribution in [0.5, 0.6) is 0 Å². The van der Waals surface area contributed by atoms with Crippen molar-refractivity contribution in [3.8, 4) is 0 Å². The maximum absolute atomic E-state index is 12.7. The van der Waals surface area contributed by atoms with Crippen molar-refractivity contribution < 1.29 is 9.59 Å². The lowest BCUT2D eigenvalue weighted by Crippen LogP contribution is -2.48. The van der Waals surface area contributed by atoms with Crippen molar-refractivity contribution in [3.05, 3.63) is 69.2 Å². The van der Waals surface area contributed by atoms with Gasteiger partial charge < -0.3 is 0 Å². The summed E-state index contributed by atoms with van der Waals surface area (Å²) in [5.41, 5.74) is 1.97. The highest BCUT2D eigenvalue weighted by atomic mass is 35.5. The smallest absolute Gasteiger partial charge is 0.252 e. The molecule has 2 aromatic rings. The van der Waals surface area contributed by atoms with Gasteiger partial charge in [-0.2, -0.15) is 0 Å². The summed E-state index contributed by atoms with van der Waals surface area (Å²) in [6.45, 7) is 3.66. The van der Waals surface area contributed by atoms with Gasteiger partial charge in [-0.1, -0.05) is 55.1 Å². The zero-order chi connectivity index (χ0) is 24.0. The first kappa shape index (κ1) is 25.9. The standard InChI is InChI=1S/C26H29Cl3N2O2/c1-3-7-23(18-8-10-19(11-9-18)25(29)33)30-26(12-5-4-6-13-26)31-24(17(2)32)20-14-21(27)16-22(28)15-20/h8-11,14-16,23,30H,3-7,12-13H2,1-2H3/b31-24+/t23-/m1/s1. The van der Waals surface area contributed by atoms with Crippen LogP contribution < -0.4 is 5.32 Å². The Labute approximate surface area is 210 Å². The Hall–Kier alpha value is -1.72. The van der Waals surface area contributed by atoms with Crippen LogP contribution in [0.25, 0.3) is 0 Å². The second-order valence-corrected chi connectivity index (χ2v) is 9.86. The topological polar surface area (TPSA) is 58.5 Å². The van der Waals surface area contributed by atoms with E-state index in [1.54, 1.807) is 30.3 Å². The number of nitrogens with zero attached hydrogens (tertiary/aromatic N) is 1. The zero-order valence-corrected chi connectivity index (χ0v) is 21.2. The fourth-order valence-corrected chi connectivity index (χ4v) is 5.11. The Morgan fingerprint density at radius 3 is 2.12 bits per heavy atom. The quantitative estimate of drug-likeness (QED) is 0.282. The minimum absolute atomic E-state index is 0.0208. The van der Waals surface area contributed by atoms with E-state index in [4.69, 9.17) is 39.8 Å². The first-order chi connectivity index (χ1) is 15.7. The monoisotopic (exact) mass is 506 g/mol. The third kappa shape index (κ3) is 6.89. The minimum atomic E-state index is -0.575. The molecular weight excluding hydrogens is 479 g/mol. The highest BCUT2D eigenvalue weighted by Gasteiger charge is 2.35. The van der Waals surface area contributed by atoms with E-state index in [0.717, 1.165) is 50.5 Å². The molecule has 1 aliphatic rings. The van der Waals surface area contributed by atoms with Crippen LogP contribution in [0.1, 0.15) is 86.3 Å². The summed E-state index contributed by atoms with van der Waals surface area (Å²) < 4.78 is 0. The van der Waals surface area contributed by atoms with Crippen LogP contribution in [-0.2, 0) is 4.79 Å². The van der Waals surface area contributed by atoms with Crippen LogP contribution in [-0.4, -0.2) is 22.4 Å². The Bertz CT molecular complexity index is 1010. The van der Waals surface area contributed by atoms with E-state index in [2.05, 4.69) is 12.2 Å². The van der Waals surface area contributed by atoms with Crippen molar-refractivity contribution in [2.24, 2.45) is 4.99 Å². The molecule has 0 radical (unpaired) electrons. The third-order valence-corrected chi connectivity index (χ3v) is 6.69. The molecule has 1 atom stereocenters. The predicted octanol–water partition coefficient (Wildman–Crippen LogP) is 7.54. The van der Waals surface area contributed by atoms with Gasteiger partial charge in [0.25, 0.3) is 5.24 Å². The molecule has 176 valence electrons. The maximum Gasteiger partial charge on any atom is 0.252 e. The second-order valence-electron chi connectivity index (χ2n) is 8.65. The fraction of sp³-hybridized carbons (Fsp3) is 0.423. The van der Waals surface area contributed by atoms with E-state index < -0.39 is 10.9 Å². The highest BCUT2D eigenvalue weighted by molar-refractivity contribution is 6.67. The summed E-state index contributed by atoms with van der Waals surface area (Å²) >= 11 is 18.1. The average Bonchev–Trinajstić information content (AvgIpc) is 2.77. The van der Waals surface area contributed by atoms with Crippen molar-refractivity contribution in [1.29, 1.82) is 0 Å². The number of benzene rings is 2. The molecule has 7 heteroatoms. The molecule has 0 heterocycles. The number of nitrogens with one attached hydrogen (secondary N) is 1. The van der Waals surface area contributed by atoms with Crippen LogP contribution >= 0.6 is 34.8 Å². The van der Waals surface area contributed by atoms with Crippen molar-refractivity contribution in [2.45, 2.75) is 70.5 Å². The number of aliphatic imine (C=N–C) groups is 1. The number of carbonyl (C=O) groups excluding carboxylic acids is 2. The molecule has 4 nitrogen and oxygen atoms in total. The van der Waals surface area contributed by atoms with E-state index in [1.807, 2.05) is 12.1 Å². The number of hydrogen-bond donors (Lipinski definition) is 1. The second kappa shape index (κ2) is 11.6. The number of Topliss-reactive ketones (excluding diaryl/α,β-unsaturated/α-hetero) is 1. The highest BCUT2D eigenvalue weighted by Crippen LogP contribution is 2.34. The van der Waals surface area contributed by atoms with E-state index in [1.165, 1.54) is 6.92 Å². The summed E-state index contributed by atoms with van der Waals surface area (Å²) in [4.78, 5) is 29.2. The van der Waals surface area contributed by atoms with Gasteiger partial charge in [-0.3, -0.25) is 19.9 Å². The molecule has 33 heavy (non-hydrogen) atoms. The normalized spacial score (nSPS) is 16.9. The summed E-state index contributed by atoms with van der Waals surface area (Å²) in [5, 5.41) is 4.26. The van der Waals surface area contributed by atoms with Crippen LogP contribution in [0.4, 0.5) is 0 Å². The first-order valence-corrected chi connectivity index (χ1v) is 12.5. The first-order valence-electron chi connectivity index (χ1n) is 11.4. The zero-order valence-electron chi connectivity index (χ0n) is 19.0. The molecule has 0 bridgehead atoms. The van der Waals surface area contributed by atoms with Crippen molar-refractivity contribution in [1.82, 2.24) is 5.32 Å². The molecule has 0 saturated heterocycles. The number of halogens is 3. The van der Waals surface area contributed by atoms with Crippen LogP contribution in [0.2, 0.25) is 10.0 Å². The lowest BCUT2D eigenvalue weighted by atomic mass is 9.86. The molecule has 0 aromatic heterocycles. The SMILES string of the molecule is CCC[C@@H](NC1(/N=C(\C(C)=O)c2cc(Cl)cc(Cl)c2)CCCCC1)c1ccc(C(=O)Cl)cc1. The summed E-state index contributed by atoms with van der Waals surface area (Å²) in [6.07, 6.45) is 6.71. The van der Waals surface area contributed by atoms with Crippen molar-refractivity contribution in [3.63, 3.8) is 0 Å². The number of ketones is 1. The van der Waals surface area contributed by atoms with Gasteiger partial charge in [0.05, 0.1) is 0 Å². The molecule has 3 rings (SSSR count). The number of rotatable bonds is 9. The van der Waals surface area contributed by atoms with Crippen molar-refractivity contribution in [2.75, 3.05) is 0 Å². The average molecular weight is 508 g/mol. The van der Waals surface area contributed by atoms with Gasteiger partial charge >= 0.3 is 0 Å². The predicted molar refractivity (Wildman–Crippen MR) is 137 cm³/mol. The number of carbonyl (C=O) groups is 2. The van der Waals surface area contributed by atoms with Gasteiger partial charge in [-0.25, -0.2) is 0 Å². The van der Waals surface area contributed by atoms with Gasteiger partial charge in [0, 0.05) is 34.1 Å². The van der Waals surface area contributed by atoms with Crippen LogP contribution in [0.3, 0.4) is 0 Å². The summed E-state index contributed by atoms with van der Waals surface area (Å²) in [7, 11) is 0. The molecule has 1 fully saturated rings. The molecule has 0 aliphatic heterocycles. The van der Waals surface area contributed by atoms with Crippen LogP contribution in [0, 0.1) is 0 Å². The van der Waals surface area contributed by atoms with Crippen molar-refractivity contribution >= 4 is 51.5 Å². The maximum atomic E-state index is 12.7. The molecular formula is C26H29Cl3N2O2. The van der Waals surface area contributed by atoms with Crippen LogP contribution in [0.15, 0.2) is 47.5 Å². The molecule has 1 saturated carbocycles. The Balaban J connectivity index is 2.02. The molecule has 0 amide bonds. The van der Waals surface area contributed by atoms with Gasteiger partial charge in [-0.05, 0) is 79.6 Å². The van der Waals surface area contributed by atoms with E-state index in [9.17, 15) is 9.59 Å². The minimum Gasteiger partial charge on any atom is -0.293 e. The van der Waals surface area contributed by atoms with Gasteiger partial charge in [0.2, 0.25) is 0 Å². The molecule has 2 aromatic carbocycles. The molecule has 0 unspecified atom stereocenters. The summed E-state index contributed by atoms with van der Waals surface area (Å²) in [5.74, 6) is -0.128. The Morgan fingerprint density at radius 1 is 1.00 bits per heavy atom. The molecule has 1 aliphatic carbocycles. The Kier molecular flexibility index (Phi) is 9.11. The van der Waals surface area contributed by atoms with E-state index >= 15 is 0 Å². The lowest BCUT2D eigenvalue weighted by Gasteiger charge is -2.39. The largest absolute Gasteiger partial charge is 0.293 e. The summed E-state index contributed by atoms with van der Waals surface area (Å²) in [6, 6.07) is 12.5. The van der Waals surface area contributed by atoms with E-state index in [0.29, 0.717) is 26.9 Å². The Morgan fingerprint density at radius 2 is 1.61 bits per heavy atom. The lowest BCUT2D eigenvalue weighted by molar-refractivity contribution is -0.111. The fourth-order valence-electron chi connectivity index (χ4n) is 4.46. The molecule has 0 spiro atoms. The molecule has 1 N–H and O–H groups in total. The number of hydrogen-bond acceptors (Lipinski definition) is 4. The van der Waals surface area contributed by atoms with Gasteiger partial charge in [0.15, 0.2) is 5.78 Å². The third-order valence-electron chi connectivity index (χ3n) is 6.04.